The first-order valence-electron chi connectivity index (χ1n) is 6.09. The summed E-state index contributed by atoms with van der Waals surface area (Å²) < 4.78 is 0. The van der Waals surface area contributed by atoms with E-state index in [1.807, 2.05) is 11.3 Å². The maximum absolute atomic E-state index is 4.67. The summed E-state index contributed by atoms with van der Waals surface area (Å²) in [5.74, 6) is 1.01. The predicted octanol–water partition coefficient (Wildman–Crippen LogP) is 3.55. The summed E-state index contributed by atoms with van der Waals surface area (Å²) in [4.78, 5) is 7.40. The highest BCUT2D eigenvalue weighted by Crippen LogP contribution is 2.22. The summed E-state index contributed by atoms with van der Waals surface area (Å²) >= 11 is 1.84. The number of nitrogens with one attached hydrogen (secondary N) is 1. The normalized spacial score (nSPS) is 13.7. The predicted molar refractivity (Wildman–Crippen MR) is 72.6 cm³/mol. The zero-order valence-electron chi connectivity index (χ0n) is 9.99. The second-order valence-electron chi connectivity index (χ2n) is 4.52. The van der Waals surface area contributed by atoms with E-state index < -0.39 is 0 Å². The molecule has 17 heavy (non-hydrogen) atoms. The Bertz CT molecular complexity index is 531. The monoisotopic (exact) mass is 244 g/mol. The van der Waals surface area contributed by atoms with E-state index in [0.29, 0.717) is 0 Å². The third-order valence-electron chi connectivity index (χ3n) is 3.17. The summed E-state index contributed by atoms with van der Waals surface area (Å²) in [6.45, 7) is 3.02. The van der Waals surface area contributed by atoms with Gasteiger partial charge in [-0.15, -0.1) is 11.3 Å². The molecule has 2 heterocycles. The van der Waals surface area contributed by atoms with Crippen LogP contribution >= 0.6 is 11.3 Å². The smallest absolute Gasteiger partial charge is 0.126 e. The average Bonchev–Trinajstić information content (AvgIpc) is 2.94. The number of hydrogen-bond acceptors (Lipinski definition) is 3. The fourth-order valence-electron chi connectivity index (χ4n) is 2.28. The second-order valence-corrected chi connectivity index (χ2v) is 5.89. The van der Waals surface area contributed by atoms with Gasteiger partial charge < -0.3 is 5.32 Å². The van der Waals surface area contributed by atoms with Crippen LogP contribution in [0.4, 0.5) is 5.82 Å². The van der Waals surface area contributed by atoms with Crippen molar-refractivity contribution >= 4 is 17.2 Å². The number of anilines is 1. The lowest BCUT2D eigenvalue weighted by molar-refractivity contribution is 0.899. The zero-order chi connectivity index (χ0) is 11.7. The van der Waals surface area contributed by atoms with Crippen molar-refractivity contribution in [1.82, 2.24) is 4.98 Å². The van der Waals surface area contributed by atoms with Gasteiger partial charge in [-0.2, -0.15) is 0 Å². The molecule has 0 unspecified atom stereocenters. The number of pyridine rings is 1. The topological polar surface area (TPSA) is 24.9 Å². The first-order valence-corrected chi connectivity index (χ1v) is 6.91. The molecule has 1 N–H and O–H groups in total. The Balaban J connectivity index is 1.69. The van der Waals surface area contributed by atoms with Crippen molar-refractivity contribution in [2.24, 2.45) is 0 Å². The highest BCUT2D eigenvalue weighted by atomic mass is 32.1. The van der Waals surface area contributed by atoms with E-state index in [0.717, 1.165) is 18.8 Å². The highest BCUT2D eigenvalue weighted by Gasteiger charge is 2.12. The largest absolute Gasteiger partial charge is 0.365 e. The molecule has 0 saturated heterocycles. The molecule has 2 nitrogen and oxygen atoms in total. The molecular weight excluding hydrogens is 228 g/mol. The van der Waals surface area contributed by atoms with Crippen LogP contribution in [0.3, 0.4) is 0 Å². The molecule has 0 aliphatic heterocycles. The fourth-order valence-corrected chi connectivity index (χ4v) is 3.11. The number of fused-ring (bicyclic) bond motifs is 1. The van der Waals surface area contributed by atoms with Crippen molar-refractivity contribution in [3.8, 4) is 0 Å². The Morgan fingerprint density at radius 2 is 2.18 bits per heavy atom. The number of hydrogen-bond donors (Lipinski definition) is 1. The van der Waals surface area contributed by atoms with Gasteiger partial charge in [0.05, 0.1) is 6.54 Å². The third kappa shape index (κ3) is 2.34. The van der Waals surface area contributed by atoms with Crippen molar-refractivity contribution in [1.29, 1.82) is 0 Å². The molecule has 88 valence electrons. The maximum atomic E-state index is 4.67. The standard InChI is InChI=1S/C14H16N2S/c1-10-5-7-12(17-10)9-15-14-8-6-11-3-2-4-13(11)16-14/h5-8H,2-4,9H2,1H3,(H,15,16). The van der Waals surface area contributed by atoms with Crippen LogP contribution in [0.1, 0.15) is 27.4 Å². The number of aryl methyl sites for hydroxylation is 3. The molecule has 0 fully saturated rings. The van der Waals surface area contributed by atoms with Crippen LogP contribution in [0.25, 0.3) is 0 Å². The summed E-state index contributed by atoms with van der Waals surface area (Å²) in [5, 5.41) is 3.40. The zero-order valence-corrected chi connectivity index (χ0v) is 10.8. The second kappa shape index (κ2) is 4.49. The van der Waals surface area contributed by atoms with Crippen molar-refractivity contribution in [3.05, 3.63) is 45.3 Å². The Labute approximate surface area is 106 Å². The molecule has 1 aliphatic rings. The van der Waals surface area contributed by atoms with E-state index in [-0.39, 0.29) is 0 Å². The molecular formula is C14H16N2S. The SMILES string of the molecule is Cc1ccc(CNc2ccc3c(n2)CCC3)s1. The van der Waals surface area contributed by atoms with Crippen LogP contribution in [0.15, 0.2) is 24.3 Å². The molecule has 0 saturated carbocycles. The van der Waals surface area contributed by atoms with E-state index in [2.05, 4.69) is 41.5 Å². The van der Waals surface area contributed by atoms with Crippen LogP contribution in [0.5, 0.6) is 0 Å². The van der Waals surface area contributed by atoms with Crippen molar-refractivity contribution in [2.45, 2.75) is 32.7 Å². The summed E-state index contributed by atoms with van der Waals surface area (Å²) in [7, 11) is 0. The Morgan fingerprint density at radius 1 is 1.24 bits per heavy atom. The molecule has 0 atom stereocenters. The minimum absolute atomic E-state index is 0.879. The van der Waals surface area contributed by atoms with Gasteiger partial charge in [-0.05, 0) is 49.9 Å². The molecule has 3 heteroatoms. The molecule has 2 aromatic rings. The van der Waals surface area contributed by atoms with Gasteiger partial charge in [-0.3, -0.25) is 0 Å². The molecule has 0 radical (unpaired) electrons. The summed E-state index contributed by atoms with van der Waals surface area (Å²) in [5.41, 5.74) is 2.72. The van der Waals surface area contributed by atoms with Crippen molar-refractivity contribution < 1.29 is 0 Å². The lowest BCUT2D eigenvalue weighted by Gasteiger charge is -2.06. The number of rotatable bonds is 3. The minimum Gasteiger partial charge on any atom is -0.365 e. The number of nitrogens with zero attached hydrogens (tertiary/aromatic N) is 1. The maximum Gasteiger partial charge on any atom is 0.126 e. The molecule has 2 aromatic heterocycles. The number of thiophene rings is 1. The quantitative estimate of drug-likeness (QED) is 0.893. The lowest BCUT2D eigenvalue weighted by Crippen LogP contribution is -2.01. The highest BCUT2D eigenvalue weighted by molar-refractivity contribution is 7.11. The van der Waals surface area contributed by atoms with Crippen LogP contribution in [-0.4, -0.2) is 4.98 Å². The van der Waals surface area contributed by atoms with Gasteiger partial charge >= 0.3 is 0 Å². The fraction of sp³-hybridized carbons (Fsp3) is 0.357. The summed E-state index contributed by atoms with van der Waals surface area (Å²) in [6.07, 6.45) is 3.60. The van der Waals surface area contributed by atoms with Gasteiger partial charge in [0.25, 0.3) is 0 Å². The Hall–Kier alpha value is -1.35. The van der Waals surface area contributed by atoms with Gasteiger partial charge in [0.2, 0.25) is 0 Å². The van der Waals surface area contributed by atoms with E-state index >= 15 is 0 Å². The molecule has 0 spiro atoms. The summed E-state index contributed by atoms with van der Waals surface area (Å²) in [6, 6.07) is 8.67. The van der Waals surface area contributed by atoms with Crippen LogP contribution in [0.2, 0.25) is 0 Å². The van der Waals surface area contributed by atoms with E-state index in [9.17, 15) is 0 Å². The van der Waals surface area contributed by atoms with Crippen molar-refractivity contribution in [2.75, 3.05) is 5.32 Å². The van der Waals surface area contributed by atoms with E-state index in [4.69, 9.17) is 0 Å². The molecule has 3 rings (SSSR count). The lowest BCUT2D eigenvalue weighted by atomic mass is 10.2. The van der Waals surface area contributed by atoms with E-state index in [1.54, 1.807) is 0 Å². The van der Waals surface area contributed by atoms with Crippen molar-refractivity contribution in [3.63, 3.8) is 0 Å². The first kappa shape index (κ1) is 10.8. The van der Waals surface area contributed by atoms with Gasteiger partial charge in [-0.25, -0.2) is 4.98 Å². The average molecular weight is 244 g/mol. The molecule has 0 amide bonds. The minimum atomic E-state index is 0.879. The molecule has 0 bridgehead atoms. The molecule has 1 aliphatic carbocycles. The Morgan fingerprint density at radius 3 is 3.00 bits per heavy atom. The molecule has 0 aromatic carbocycles. The van der Waals surface area contributed by atoms with Gasteiger partial charge in [-0.1, -0.05) is 6.07 Å². The van der Waals surface area contributed by atoms with Crippen LogP contribution < -0.4 is 5.32 Å². The Kier molecular flexibility index (Phi) is 2.85. The third-order valence-corrected chi connectivity index (χ3v) is 4.17. The number of aromatic nitrogens is 1. The van der Waals surface area contributed by atoms with E-state index in [1.165, 1.54) is 33.9 Å². The van der Waals surface area contributed by atoms with Crippen LogP contribution in [0, 0.1) is 6.92 Å². The van der Waals surface area contributed by atoms with Gasteiger partial charge in [0, 0.05) is 15.4 Å². The first-order chi connectivity index (χ1) is 8.31. The van der Waals surface area contributed by atoms with Crippen LogP contribution in [-0.2, 0) is 19.4 Å². The van der Waals surface area contributed by atoms with Gasteiger partial charge in [0.15, 0.2) is 0 Å². The van der Waals surface area contributed by atoms with Gasteiger partial charge in [0.1, 0.15) is 5.82 Å².